The fraction of sp³-hybridized carbons (Fsp3) is 0.435. The van der Waals surface area contributed by atoms with Crippen LogP contribution >= 0.6 is 0 Å². The van der Waals surface area contributed by atoms with Gasteiger partial charge in [0.2, 0.25) is 6.79 Å². The number of piperidine rings is 1. The maximum atomic E-state index is 13.0. The summed E-state index contributed by atoms with van der Waals surface area (Å²) in [6.07, 6.45) is -2.40. The zero-order chi connectivity index (χ0) is 21.6. The highest BCUT2D eigenvalue weighted by atomic mass is 19.4. The topological polar surface area (TPSA) is 42.0 Å². The van der Waals surface area contributed by atoms with Gasteiger partial charge in [-0.2, -0.15) is 13.2 Å². The molecular weight excluding hydrogens is 409 g/mol. The maximum Gasteiger partial charge on any atom is 0.416 e. The largest absolute Gasteiger partial charge is 0.454 e. The van der Waals surface area contributed by atoms with Crippen molar-refractivity contribution in [1.82, 2.24) is 9.80 Å². The fourth-order valence-electron chi connectivity index (χ4n) is 4.92. The van der Waals surface area contributed by atoms with Gasteiger partial charge in [-0.25, -0.2) is 0 Å². The molecule has 0 radical (unpaired) electrons. The minimum Gasteiger partial charge on any atom is -0.454 e. The van der Waals surface area contributed by atoms with Crippen LogP contribution in [0.3, 0.4) is 0 Å². The average Bonchev–Trinajstić information content (AvgIpc) is 3.40. The molecule has 0 unspecified atom stereocenters. The van der Waals surface area contributed by atoms with Crippen LogP contribution in [0.5, 0.6) is 11.5 Å². The van der Waals surface area contributed by atoms with E-state index in [1.807, 2.05) is 18.2 Å². The first-order valence-electron chi connectivity index (χ1n) is 10.5. The smallest absolute Gasteiger partial charge is 0.416 e. The molecule has 5 rings (SSSR count). The van der Waals surface area contributed by atoms with Crippen molar-refractivity contribution in [3.63, 3.8) is 0 Å². The van der Waals surface area contributed by atoms with E-state index in [0.717, 1.165) is 55.1 Å². The van der Waals surface area contributed by atoms with Crippen molar-refractivity contribution in [3.8, 4) is 11.5 Å². The summed E-state index contributed by atoms with van der Waals surface area (Å²) in [5.74, 6) is 1.50. The molecule has 1 amide bonds. The third kappa shape index (κ3) is 3.96. The minimum atomic E-state index is -4.46. The monoisotopic (exact) mass is 432 g/mol. The lowest BCUT2D eigenvalue weighted by molar-refractivity contribution is -0.137. The summed E-state index contributed by atoms with van der Waals surface area (Å²) in [4.78, 5) is 17.1. The van der Waals surface area contributed by atoms with Crippen molar-refractivity contribution in [2.24, 2.45) is 5.92 Å². The van der Waals surface area contributed by atoms with E-state index in [1.165, 1.54) is 12.1 Å². The Morgan fingerprint density at radius 2 is 1.90 bits per heavy atom. The highest BCUT2D eigenvalue weighted by molar-refractivity contribution is 5.94. The molecule has 2 aromatic carbocycles. The number of rotatable bonds is 3. The number of likely N-dealkylation sites (tertiary alicyclic amines) is 2. The normalized spacial score (nSPS) is 23.1. The number of fused-ring (bicyclic) bond motifs is 2. The van der Waals surface area contributed by atoms with E-state index >= 15 is 0 Å². The highest BCUT2D eigenvalue weighted by Crippen LogP contribution is 2.36. The molecule has 3 aliphatic rings. The molecule has 2 atom stereocenters. The molecule has 5 nitrogen and oxygen atoms in total. The second-order valence-corrected chi connectivity index (χ2v) is 8.42. The number of benzene rings is 2. The van der Waals surface area contributed by atoms with Crippen molar-refractivity contribution in [2.75, 3.05) is 26.4 Å². The lowest BCUT2D eigenvalue weighted by Gasteiger charge is -2.36. The third-order valence-electron chi connectivity index (χ3n) is 6.44. The van der Waals surface area contributed by atoms with Gasteiger partial charge in [-0.05, 0) is 61.2 Å². The van der Waals surface area contributed by atoms with Crippen LogP contribution in [-0.4, -0.2) is 48.2 Å². The van der Waals surface area contributed by atoms with Crippen LogP contribution in [0.25, 0.3) is 0 Å². The summed E-state index contributed by atoms with van der Waals surface area (Å²) in [7, 11) is 0. The van der Waals surface area contributed by atoms with Gasteiger partial charge in [0.1, 0.15) is 0 Å². The van der Waals surface area contributed by atoms with E-state index < -0.39 is 11.7 Å². The molecule has 31 heavy (non-hydrogen) atoms. The Labute approximate surface area is 178 Å². The lowest BCUT2D eigenvalue weighted by atomic mass is 9.91. The second kappa shape index (κ2) is 7.75. The number of hydrogen-bond acceptors (Lipinski definition) is 4. The van der Waals surface area contributed by atoms with Crippen LogP contribution in [0.15, 0.2) is 42.5 Å². The molecule has 0 saturated carbocycles. The second-order valence-electron chi connectivity index (χ2n) is 8.42. The summed E-state index contributed by atoms with van der Waals surface area (Å²) in [5, 5.41) is 0. The molecule has 3 heterocycles. The van der Waals surface area contributed by atoms with E-state index in [0.29, 0.717) is 19.0 Å². The van der Waals surface area contributed by atoms with Crippen LogP contribution < -0.4 is 9.47 Å². The van der Waals surface area contributed by atoms with Gasteiger partial charge in [-0.3, -0.25) is 9.69 Å². The number of carbonyl (C=O) groups is 1. The number of ether oxygens (including phenoxy) is 2. The molecule has 164 valence electrons. The molecule has 2 aromatic rings. The van der Waals surface area contributed by atoms with Crippen molar-refractivity contribution >= 4 is 5.91 Å². The van der Waals surface area contributed by atoms with Crippen LogP contribution in [0, 0.1) is 5.92 Å². The summed E-state index contributed by atoms with van der Waals surface area (Å²) in [6.45, 7) is 3.02. The summed E-state index contributed by atoms with van der Waals surface area (Å²) < 4.78 is 50.0. The van der Waals surface area contributed by atoms with Gasteiger partial charge >= 0.3 is 6.18 Å². The van der Waals surface area contributed by atoms with Crippen LogP contribution in [0.2, 0.25) is 0 Å². The Morgan fingerprint density at radius 1 is 1.06 bits per heavy atom. The summed E-state index contributed by atoms with van der Waals surface area (Å²) >= 11 is 0. The molecule has 0 aliphatic carbocycles. The third-order valence-corrected chi connectivity index (χ3v) is 6.44. The van der Waals surface area contributed by atoms with Crippen molar-refractivity contribution < 1.29 is 27.4 Å². The van der Waals surface area contributed by atoms with Crippen LogP contribution in [-0.2, 0) is 12.7 Å². The molecule has 8 heteroatoms. The quantitative estimate of drug-likeness (QED) is 0.730. The van der Waals surface area contributed by atoms with Gasteiger partial charge in [0.05, 0.1) is 5.56 Å². The SMILES string of the molecule is O=C(c1cccc(C(F)(F)F)c1)N1C[C@H]2CCCN(Cc3ccc4c(c3)OCO4)[C@H]2C1. The molecule has 0 N–H and O–H groups in total. The van der Waals surface area contributed by atoms with E-state index in [1.54, 1.807) is 4.90 Å². The van der Waals surface area contributed by atoms with Gasteiger partial charge in [-0.1, -0.05) is 12.1 Å². The molecule has 0 spiro atoms. The Bertz CT molecular complexity index is 994. The first-order valence-corrected chi connectivity index (χ1v) is 10.5. The van der Waals surface area contributed by atoms with Crippen molar-refractivity contribution in [1.29, 1.82) is 0 Å². The van der Waals surface area contributed by atoms with Crippen molar-refractivity contribution in [2.45, 2.75) is 31.6 Å². The number of carbonyl (C=O) groups excluding carboxylic acids is 1. The number of alkyl halides is 3. The van der Waals surface area contributed by atoms with Gasteiger partial charge in [0, 0.05) is 31.2 Å². The van der Waals surface area contributed by atoms with E-state index in [2.05, 4.69) is 4.90 Å². The first-order chi connectivity index (χ1) is 14.9. The predicted molar refractivity (Wildman–Crippen MR) is 107 cm³/mol. The Kier molecular flexibility index (Phi) is 5.04. The van der Waals surface area contributed by atoms with E-state index in [-0.39, 0.29) is 24.3 Å². The maximum absolute atomic E-state index is 13.0. The standard InChI is InChI=1S/C23H23F3N2O3/c24-23(25,26)18-5-1-3-16(10-18)22(29)28-12-17-4-2-8-27(19(17)13-28)11-15-6-7-20-21(9-15)31-14-30-20/h1,3,5-7,9-10,17,19H,2,4,8,11-14H2/t17-,19+/m1/s1. The fourth-order valence-corrected chi connectivity index (χ4v) is 4.92. The molecule has 0 aromatic heterocycles. The molecular formula is C23H23F3N2O3. The number of nitrogens with zero attached hydrogens (tertiary/aromatic N) is 2. The van der Waals surface area contributed by atoms with E-state index in [4.69, 9.17) is 9.47 Å². The molecule has 0 bridgehead atoms. The van der Waals surface area contributed by atoms with Gasteiger partial charge < -0.3 is 14.4 Å². The predicted octanol–water partition coefficient (Wildman–Crippen LogP) is 4.17. The van der Waals surface area contributed by atoms with Gasteiger partial charge in [-0.15, -0.1) is 0 Å². The van der Waals surface area contributed by atoms with Crippen molar-refractivity contribution in [3.05, 3.63) is 59.2 Å². The summed E-state index contributed by atoms with van der Waals surface area (Å²) in [6, 6.07) is 10.8. The summed E-state index contributed by atoms with van der Waals surface area (Å²) in [5.41, 5.74) is 0.419. The first kappa shape index (κ1) is 20.2. The Morgan fingerprint density at radius 3 is 2.74 bits per heavy atom. The Balaban J connectivity index is 1.30. The molecule has 3 aliphatic heterocycles. The zero-order valence-corrected chi connectivity index (χ0v) is 16.9. The zero-order valence-electron chi connectivity index (χ0n) is 16.9. The van der Waals surface area contributed by atoms with Gasteiger partial charge in [0.25, 0.3) is 5.91 Å². The lowest BCUT2D eigenvalue weighted by Crippen LogP contribution is -2.44. The highest BCUT2D eigenvalue weighted by Gasteiger charge is 2.41. The van der Waals surface area contributed by atoms with Crippen LogP contribution in [0.1, 0.15) is 34.3 Å². The van der Waals surface area contributed by atoms with E-state index in [9.17, 15) is 18.0 Å². The number of halogens is 3. The number of hydrogen-bond donors (Lipinski definition) is 0. The van der Waals surface area contributed by atoms with Gasteiger partial charge in [0.15, 0.2) is 11.5 Å². The average molecular weight is 432 g/mol. The van der Waals surface area contributed by atoms with Crippen LogP contribution in [0.4, 0.5) is 13.2 Å². The Hall–Kier alpha value is -2.74. The minimum absolute atomic E-state index is 0.0933. The molecule has 2 saturated heterocycles. The molecule has 2 fully saturated rings. The number of amides is 1.